The summed E-state index contributed by atoms with van der Waals surface area (Å²) >= 11 is 12.2. The normalized spacial score (nSPS) is 10.5. The van der Waals surface area contributed by atoms with E-state index < -0.39 is 0 Å². The predicted octanol–water partition coefficient (Wildman–Crippen LogP) is 4.72. The Labute approximate surface area is 158 Å². The summed E-state index contributed by atoms with van der Waals surface area (Å²) in [6, 6.07) is 14.6. The fourth-order valence-corrected chi connectivity index (χ4v) is 2.96. The maximum absolute atomic E-state index is 12.4. The molecular weight excluding hydrogens is 357 g/mol. The maximum atomic E-state index is 12.4. The molecule has 0 spiro atoms. The summed E-state index contributed by atoms with van der Waals surface area (Å²) in [5.41, 5.74) is 2.11. The van der Waals surface area contributed by atoms with Gasteiger partial charge in [-0.25, -0.2) is 0 Å². The Kier molecular flexibility index (Phi) is 7.27. The summed E-state index contributed by atoms with van der Waals surface area (Å²) in [6.07, 6.45) is 0.927. The van der Waals surface area contributed by atoms with E-state index in [1.54, 1.807) is 30.3 Å². The van der Waals surface area contributed by atoms with Gasteiger partial charge >= 0.3 is 0 Å². The van der Waals surface area contributed by atoms with Crippen molar-refractivity contribution in [1.82, 2.24) is 4.90 Å². The lowest BCUT2D eigenvalue weighted by Crippen LogP contribution is -2.33. The van der Waals surface area contributed by atoms with Gasteiger partial charge in [-0.2, -0.15) is 5.26 Å². The van der Waals surface area contributed by atoms with Crippen LogP contribution in [0.4, 0.5) is 5.69 Å². The van der Waals surface area contributed by atoms with E-state index in [1.807, 2.05) is 17.0 Å². The van der Waals surface area contributed by atoms with Crippen molar-refractivity contribution in [2.75, 3.05) is 18.4 Å². The highest BCUT2D eigenvalue weighted by molar-refractivity contribution is 6.39. The number of hydrogen-bond acceptors (Lipinski definition) is 3. The van der Waals surface area contributed by atoms with E-state index in [0.717, 1.165) is 18.5 Å². The van der Waals surface area contributed by atoms with Crippen LogP contribution in [0.2, 0.25) is 10.0 Å². The second-order valence-corrected chi connectivity index (χ2v) is 6.48. The number of nitrogens with one attached hydrogen (secondary N) is 1. The van der Waals surface area contributed by atoms with Crippen LogP contribution in [0, 0.1) is 11.3 Å². The van der Waals surface area contributed by atoms with Crippen LogP contribution >= 0.6 is 23.2 Å². The van der Waals surface area contributed by atoms with Gasteiger partial charge in [0, 0.05) is 6.54 Å². The van der Waals surface area contributed by atoms with Crippen molar-refractivity contribution >= 4 is 34.8 Å². The molecule has 0 bridgehead atoms. The van der Waals surface area contributed by atoms with Crippen LogP contribution in [0.1, 0.15) is 24.5 Å². The van der Waals surface area contributed by atoms with Crippen molar-refractivity contribution in [2.45, 2.75) is 19.9 Å². The van der Waals surface area contributed by atoms with Crippen molar-refractivity contribution in [3.8, 4) is 6.07 Å². The molecule has 0 saturated carbocycles. The first-order chi connectivity index (χ1) is 12.0. The molecule has 0 radical (unpaired) electrons. The monoisotopic (exact) mass is 375 g/mol. The maximum Gasteiger partial charge on any atom is 0.238 e. The summed E-state index contributed by atoms with van der Waals surface area (Å²) in [5, 5.41) is 12.5. The fraction of sp³-hybridized carbons (Fsp3) is 0.263. The van der Waals surface area contributed by atoms with Gasteiger partial charge in [-0.3, -0.25) is 9.69 Å². The van der Waals surface area contributed by atoms with E-state index in [4.69, 9.17) is 28.5 Å². The molecular formula is C19H19Cl2N3O. The molecule has 1 amide bonds. The molecule has 130 valence electrons. The number of rotatable bonds is 7. The lowest BCUT2D eigenvalue weighted by Gasteiger charge is -2.21. The van der Waals surface area contributed by atoms with Gasteiger partial charge in [-0.1, -0.05) is 48.3 Å². The Morgan fingerprint density at radius 3 is 2.36 bits per heavy atom. The zero-order valence-electron chi connectivity index (χ0n) is 13.9. The number of nitriles is 1. The minimum Gasteiger partial charge on any atom is -0.322 e. The number of hydrogen-bond donors (Lipinski definition) is 1. The highest BCUT2D eigenvalue weighted by Crippen LogP contribution is 2.29. The second-order valence-electron chi connectivity index (χ2n) is 5.66. The van der Waals surface area contributed by atoms with Crippen LogP contribution in [0.25, 0.3) is 0 Å². The van der Waals surface area contributed by atoms with E-state index in [0.29, 0.717) is 27.8 Å². The highest BCUT2D eigenvalue weighted by atomic mass is 35.5. The number of halogens is 2. The number of carbonyl (C=O) groups is 1. The molecule has 0 atom stereocenters. The van der Waals surface area contributed by atoms with E-state index in [9.17, 15) is 4.79 Å². The summed E-state index contributed by atoms with van der Waals surface area (Å²) in [7, 11) is 0. The second kappa shape index (κ2) is 9.43. The predicted molar refractivity (Wildman–Crippen MR) is 102 cm³/mol. The van der Waals surface area contributed by atoms with E-state index in [2.05, 4.69) is 18.3 Å². The Morgan fingerprint density at radius 1 is 1.16 bits per heavy atom. The first kappa shape index (κ1) is 19.3. The molecule has 2 aromatic carbocycles. The average Bonchev–Trinajstić information content (AvgIpc) is 2.59. The zero-order valence-corrected chi connectivity index (χ0v) is 15.4. The van der Waals surface area contributed by atoms with Gasteiger partial charge in [-0.05, 0) is 42.8 Å². The molecule has 0 aliphatic heterocycles. The number of carbonyl (C=O) groups excluding carboxylic acids is 1. The topological polar surface area (TPSA) is 56.1 Å². The van der Waals surface area contributed by atoms with Gasteiger partial charge in [0.05, 0.1) is 33.9 Å². The van der Waals surface area contributed by atoms with Gasteiger partial charge in [0.25, 0.3) is 0 Å². The average molecular weight is 376 g/mol. The summed E-state index contributed by atoms with van der Waals surface area (Å²) in [6.45, 7) is 3.71. The minimum absolute atomic E-state index is 0.169. The van der Waals surface area contributed by atoms with Gasteiger partial charge in [0.1, 0.15) is 0 Å². The number of benzene rings is 2. The third-order valence-electron chi connectivity index (χ3n) is 3.62. The smallest absolute Gasteiger partial charge is 0.238 e. The van der Waals surface area contributed by atoms with E-state index in [-0.39, 0.29) is 12.5 Å². The van der Waals surface area contributed by atoms with E-state index >= 15 is 0 Å². The fourth-order valence-electron chi connectivity index (χ4n) is 2.47. The third-order valence-corrected chi connectivity index (χ3v) is 4.25. The van der Waals surface area contributed by atoms with Gasteiger partial charge in [-0.15, -0.1) is 0 Å². The van der Waals surface area contributed by atoms with Crippen LogP contribution in [-0.4, -0.2) is 23.9 Å². The number of amides is 1. The third kappa shape index (κ3) is 5.75. The lowest BCUT2D eigenvalue weighted by atomic mass is 10.1. The zero-order chi connectivity index (χ0) is 18.2. The molecule has 0 aliphatic rings. The number of para-hydroxylation sites is 1. The molecule has 0 aliphatic carbocycles. The molecule has 0 unspecified atom stereocenters. The van der Waals surface area contributed by atoms with Crippen molar-refractivity contribution < 1.29 is 4.79 Å². The van der Waals surface area contributed by atoms with Crippen molar-refractivity contribution in [2.24, 2.45) is 0 Å². The molecule has 1 N–H and O–H groups in total. The summed E-state index contributed by atoms with van der Waals surface area (Å²) in [5.74, 6) is -0.169. The Morgan fingerprint density at radius 2 is 1.80 bits per heavy atom. The van der Waals surface area contributed by atoms with Crippen molar-refractivity contribution in [3.05, 3.63) is 63.6 Å². The minimum atomic E-state index is -0.169. The first-order valence-corrected chi connectivity index (χ1v) is 8.74. The number of anilines is 1. The molecule has 0 aromatic heterocycles. The SMILES string of the molecule is CCCN(CC(=O)Nc1c(Cl)cccc1Cl)Cc1ccc(C#N)cc1. The van der Waals surface area contributed by atoms with Crippen LogP contribution in [0.3, 0.4) is 0 Å². The quantitative estimate of drug-likeness (QED) is 0.761. The molecule has 4 nitrogen and oxygen atoms in total. The van der Waals surface area contributed by atoms with E-state index in [1.165, 1.54) is 0 Å². The largest absolute Gasteiger partial charge is 0.322 e. The van der Waals surface area contributed by atoms with Gasteiger partial charge < -0.3 is 5.32 Å². The van der Waals surface area contributed by atoms with Gasteiger partial charge in [0.15, 0.2) is 0 Å². The molecule has 2 aromatic rings. The molecule has 0 saturated heterocycles. The molecule has 2 rings (SSSR count). The standard InChI is InChI=1S/C19H19Cl2N3O/c1-2-10-24(12-15-8-6-14(11-22)7-9-15)13-18(25)23-19-16(20)4-3-5-17(19)21/h3-9H,2,10,12-13H2,1H3,(H,23,25). The van der Waals surface area contributed by atoms with Crippen LogP contribution < -0.4 is 5.32 Å². The van der Waals surface area contributed by atoms with Crippen molar-refractivity contribution in [1.29, 1.82) is 5.26 Å². The molecule has 0 heterocycles. The molecule has 6 heteroatoms. The van der Waals surface area contributed by atoms with Crippen LogP contribution in [0.5, 0.6) is 0 Å². The number of nitrogens with zero attached hydrogens (tertiary/aromatic N) is 2. The lowest BCUT2D eigenvalue weighted by molar-refractivity contribution is -0.117. The first-order valence-electron chi connectivity index (χ1n) is 7.98. The van der Waals surface area contributed by atoms with Gasteiger partial charge in [0.2, 0.25) is 5.91 Å². The van der Waals surface area contributed by atoms with Crippen molar-refractivity contribution in [3.63, 3.8) is 0 Å². The highest BCUT2D eigenvalue weighted by Gasteiger charge is 2.14. The van der Waals surface area contributed by atoms with Crippen LogP contribution in [-0.2, 0) is 11.3 Å². The summed E-state index contributed by atoms with van der Waals surface area (Å²) < 4.78 is 0. The Hall–Kier alpha value is -2.06. The Balaban J connectivity index is 2.02. The summed E-state index contributed by atoms with van der Waals surface area (Å²) in [4.78, 5) is 14.4. The molecule has 25 heavy (non-hydrogen) atoms. The molecule has 0 fully saturated rings. The Bertz CT molecular complexity index is 749. The van der Waals surface area contributed by atoms with Crippen LogP contribution in [0.15, 0.2) is 42.5 Å².